The van der Waals surface area contributed by atoms with Gasteiger partial charge in [-0.3, -0.25) is 4.79 Å². The van der Waals surface area contributed by atoms with Gasteiger partial charge in [-0.1, -0.05) is 6.08 Å². The maximum absolute atomic E-state index is 12.5. The van der Waals surface area contributed by atoms with Crippen LogP contribution in [0.4, 0.5) is 0 Å². The van der Waals surface area contributed by atoms with Crippen LogP contribution >= 0.6 is 0 Å². The highest BCUT2D eigenvalue weighted by molar-refractivity contribution is 6.54. The molecule has 2 fully saturated rings. The lowest BCUT2D eigenvalue weighted by atomic mass is 9.74. The zero-order chi connectivity index (χ0) is 16.2. The molecule has 0 aromatic rings. The maximum atomic E-state index is 12.5. The van der Waals surface area contributed by atoms with E-state index in [1.165, 1.54) is 0 Å². The highest BCUT2D eigenvalue weighted by atomic mass is 16.7. The standard InChI is InChI=1S/C16H26BNO4/c1-14(2)15(3,4)22-17(21-14)12-6-8-18(9-7-12)13(19)16(5)10-20-11-16/h6H,7-11H2,1-5H3. The van der Waals surface area contributed by atoms with Crippen molar-refractivity contribution in [2.24, 2.45) is 5.41 Å². The SMILES string of the molecule is CC1(C(=O)N2CC=C(B3OC(C)(C)C(C)(C)O3)CC2)COC1. The smallest absolute Gasteiger partial charge is 0.400 e. The van der Waals surface area contributed by atoms with Crippen LogP contribution < -0.4 is 0 Å². The molecule has 1 amide bonds. The Morgan fingerprint density at radius 1 is 1.14 bits per heavy atom. The minimum absolute atomic E-state index is 0.197. The number of ether oxygens (including phenoxy) is 1. The van der Waals surface area contributed by atoms with Gasteiger partial charge in [0.1, 0.15) is 0 Å². The second-order valence-corrected chi connectivity index (χ2v) is 7.92. The Bertz CT molecular complexity index is 494. The fraction of sp³-hybridized carbons (Fsp3) is 0.812. The first-order valence-corrected chi connectivity index (χ1v) is 8.06. The van der Waals surface area contributed by atoms with Crippen LogP contribution in [-0.2, 0) is 18.8 Å². The van der Waals surface area contributed by atoms with E-state index in [1.807, 2.05) is 11.8 Å². The molecule has 0 N–H and O–H groups in total. The van der Waals surface area contributed by atoms with Crippen LogP contribution in [0.3, 0.4) is 0 Å². The molecule has 3 rings (SSSR count). The van der Waals surface area contributed by atoms with Crippen molar-refractivity contribution in [3.8, 4) is 0 Å². The summed E-state index contributed by atoms with van der Waals surface area (Å²) in [7, 11) is -0.287. The Kier molecular flexibility index (Phi) is 3.70. The molecule has 0 aromatic heterocycles. The fourth-order valence-corrected chi connectivity index (χ4v) is 2.99. The van der Waals surface area contributed by atoms with Gasteiger partial charge < -0.3 is 18.9 Å². The summed E-state index contributed by atoms with van der Waals surface area (Å²) in [5, 5.41) is 0. The molecule has 0 aliphatic carbocycles. The van der Waals surface area contributed by atoms with Crippen LogP contribution in [0, 0.1) is 5.41 Å². The minimum atomic E-state index is -0.324. The molecule has 3 aliphatic heterocycles. The van der Waals surface area contributed by atoms with Gasteiger partial charge in [-0.25, -0.2) is 0 Å². The molecule has 0 saturated carbocycles. The Morgan fingerprint density at radius 3 is 2.14 bits per heavy atom. The van der Waals surface area contributed by atoms with Crippen LogP contribution in [-0.4, -0.2) is 55.4 Å². The van der Waals surface area contributed by atoms with Gasteiger partial charge in [-0.05, 0) is 46.5 Å². The average molecular weight is 307 g/mol. The van der Waals surface area contributed by atoms with E-state index in [0.29, 0.717) is 19.8 Å². The largest absolute Gasteiger partial charge is 0.490 e. The Hall–Kier alpha value is -0.845. The van der Waals surface area contributed by atoms with E-state index < -0.39 is 0 Å². The molecule has 0 unspecified atom stereocenters. The molecule has 3 aliphatic rings. The molecule has 122 valence electrons. The van der Waals surface area contributed by atoms with Gasteiger partial charge in [0.2, 0.25) is 5.91 Å². The molecule has 3 heterocycles. The third-order valence-corrected chi connectivity index (χ3v) is 5.45. The van der Waals surface area contributed by atoms with E-state index in [1.54, 1.807) is 0 Å². The molecule has 0 radical (unpaired) electrons. The molecular formula is C16H26BNO4. The summed E-state index contributed by atoms with van der Waals surface area (Å²) < 4.78 is 17.4. The van der Waals surface area contributed by atoms with Crippen LogP contribution in [0.5, 0.6) is 0 Å². The van der Waals surface area contributed by atoms with Gasteiger partial charge in [0, 0.05) is 13.1 Å². The summed E-state index contributed by atoms with van der Waals surface area (Å²) in [5.41, 5.74) is 0.192. The van der Waals surface area contributed by atoms with E-state index in [0.717, 1.165) is 18.4 Å². The number of rotatable bonds is 2. The van der Waals surface area contributed by atoms with Crippen molar-refractivity contribution in [2.45, 2.75) is 52.2 Å². The van der Waals surface area contributed by atoms with Crippen molar-refractivity contribution in [1.29, 1.82) is 0 Å². The molecule has 2 saturated heterocycles. The van der Waals surface area contributed by atoms with Crippen molar-refractivity contribution >= 4 is 13.0 Å². The average Bonchev–Trinajstić information content (AvgIpc) is 2.64. The van der Waals surface area contributed by atoms with E-state index in [9.17, 15) is 4.79 Å². The number of hydrogen-bond donors (Lipinski definition) is 0. The third-order valence-electron chi connectivity index (χ3n) is 5.45. The molecule has 0 aromatic carbocycles. The number of hydrogen-bond acceptors (Lipinski definition) is 4. The summed E-state index contributed by atoms with van der Waals surface area (Å²) >= 11 is 0. The van der Waals surface area contributed by atoms with Crippen molar-refractivity contribution in [2.75, 3.05) is 26.3 Å². The first-order chi connectivity index (χ1) is 10.1. The summed E-state index contributed by atoms with van der Waals surface area (Å²) in [6.07, 6.45) is 2.89. The van der Waals surface area contributed by atoms with Crippen molar-refractivity contribution in [3.05, 3.63) is 11.5 Å². The van der Waals surface area contributed by atoms with Crippen LogP contribution in [0.1, 0.15) is 41.0 Å². The van der Waals surface area contributed by atoms with Crippen molar-refractivity contribution < 1.29 is 18.8 Å². The van der Waals surface area contributed by atoms with Gasteiger partial charge in [-0.15, -0.1) is 0 Å². The number of carbonyl (C=O) groups is 1. The topological polar surface area (TPSA) is 48.0 Å². The zero-order valence-electron chi connectivity index (χ0n) is 14.3. The predicted molar refractivity (Wildman–Crippen MR) is 84.3 cm³/mol. The second kappa shape index (κ2) is 5.08. The maximum Gasteiger partial charge on any atom is 0.490 e. The van der Waals surface area contributed by atoms with Crippen LogP contribution in [0.15, 0.2) is 11.5 Å². The number of nitrogens with zero attached hydrogens (tertiary/aromatic N) is 1. The quantitative estimate of drug-likeness (QED) is 0.730. The van der Waals surface area contributed by atoms with Gasteiger partial charge in [-0.2, -0.15) is 0 Å². The van der Waals surface area contributed by atoms with E-state index in [4.69, 9.17) is 14.0 Å². The Labute approximate surface area is 133 Å². The fourth-order valence-electron chi connectivity index (χ4n) is 2.99. The highest BCUT2D eigenvalue weighted by Crippen LogP contribution is 2.39. The second-order valence-electron chi connectivity index (χ2n) is 7.92. The lowest BCUT2D eigenvalue weighted by molar-refractivity contribution is -0.168. The van der Waals surface area contributed by atoms with Crippen LogP contribution in [0.2, 0.25) is 0 Å². The summed E-state index contributed by atoms with van der Waals surface area (Å²) in [4.78, 5) is 14.4. The number of carbonyl (C=O) groups excluding carboxylic acids is 1. The van der Waals surface area contributed by atoms with Gasteiger partial charge in [0.25, 0.3) is 0 Å². The normalized spacial score (nSPS) is 29.0. The zero-order valence-corrected chi connectivity index (χ0v) is 14.3. The van der Waals surface area contributed by atoms with Gasteiger partial charge >= 0.3 is 7.12 Å². The molecule has 0 spiro atoms. The third kappa shape index (κ3) is 2.51. The molecular weight excluding hydrogens is 281 g/mol. The van der Waals surface area contributed by atoms with Gasteiger partial charge in [0.05, 0.1) is 29.8 Å². The highest BCUT2D eigenvalue weighted by Gasteiger charge is 2.52. The van der Waals surface area contributed by atoms with Gasteiger partial charge in [0.15, 0.2) is 0 Å². The lowest BCUT2D eigenvalue weighted by Crippen LogP contribution is -2.54. The van der Waals surface area contributed by atoms with E-state index >= 15 is 0 Å². The summed E-state index contributed by atoms with van der Waals surface area (Å²) in [6, 6.07) is 0. The van der Waals surface area contributed by atoms with E-state index in [2.05, 4.69) is 33.8 Å². The monoisotopic (exact) mass is 307 g/mol. The number of amides is 1. The Balaban J connectivity index is 1.64. The molecule has 5 nitrogen and oxygen atoms in total. The first kappa shape index (κ1) is 16.0. The Morgan fingerprint density at radius 2 is 1.73 bits per heavy atom. The molecule has 6 heteroatoms. The summed E-state index contributed by atoms with van der Waals surface area (Å²) in [6.45, 7) is 12.7. The molecule has 22 heavy (non-hydrogen) atoms. The van der Waals surface area contributed by atoms with Crippen LogP contribution in [0.25, 0.3) is 0 Å². The first-order valence-electron chi connectivity index (χ1n) is 8.06. The summed E-state index contributed by atoms with van der Waals surface area (Å²) in [5.74, 6) is 0.197. The van der Waals surface area contributed by atoms with E-state index in [-0.39, 0.29) is 29.6 Å². The van der Waals surface area contributed by atoms with Crippen molar-refractivity contribution in [3.63, 3.8) is 0 Å². The molecule has 0 atom stereocenters. The predicted octanol–water partition coefficient (Wildman–Crippen LogP) is 1.81. The minimum Gasteiger partial charge on any atom is -0.400 e. The lowest BCUT2D eigenvalue weighted by Gasteiger charge is -2.41. The van der Waals surface area contributed by atoms with Crippen molar-refractivity contribution in [1.82, 2.24) is 4.90 Å². The molecule has 0 bridgehead atoms.